The number of tetrazole rings is 1. The zero-order valence-electron chi connectivity index (χ0n) is 24.0. The maximum absolute atomic E-state index is 13.7. The number of pyridine rings is 1. The molecule has 0 amide bonds. The quantitative estimate of drug-likeness (QED) is 0.126. The topological polar surface area (TPSA) is 73.8 Å². The normalized spacial score (nSPS) is 15.6. The standard InChI is InChI=1S/C32H29F6N7/c33-31(34,35)25-11-21(12-26(14-25)32(36,37)38)17-45(30-40-42-43-41-30)18-24-13-23-10-9-22-3-1-2-4-27(22)28(23)39-29(24)44(15-19-5-6-19)16-20-7-8-20/h1-4,9-14,19-20H,5-8,15-18H2,(H,40,41,42,43). The Hall–Kier alpha value is -4.42. The van der Waals surface area contributed by atoms with Crippen molar-refractivity contribution < 1.29 is 26.3 Å². The van der Waals surface area contributed by atoms with Gasteiger partial charge >= 0.3 is 12.4 Å². The van der Waals surface area contributed by atoms with Crippen molar-refractivity contribution in [2.75, 3.05) is 22.9 Å². The summed E-state index contributed by atoms with van der Waals surface area (Å²) in [6, 6.07) is 15.6. The molecule has 7 rings (SSSR count). The first-order valence-electron chi connectivity index (χ1n) is 14.8. The Morgan fingerprint density at radius 1 is 0.733 bits per heavy atom. The lowest BCUT2D eigenvalue weighted by Crippen LogP contribution is -2.32. The van der Waals surface area contributed by atoms with Gasteiger partial charge in [-0.3, -0.25) is 0 Å². The molecule has 0 unspecified atom stereocenters. The molecule has 7 nitrogen and oxygen atoms in total. The van der Waals surface area contributed by atoms with Crippen molar-refractivity contribution in [2.45, 2.75) is 51.1 Å². The van der Waals surface area contributed by atoms with Crippen LogP contribution in [-0.2, 0) is 25.4 Å². The van der Waals surface area contributed by atoms with Crippen LogP contribution in [-0.4, -0.2) is 38.7 Å². The van der Waals surface area contributed by atoms with Crippen LogP contribution < -0.4 is 9.80 Å². The summed E-state index contributed by atoms with van der Waals surface area (Å²) in [5.41, 5.74) is -1.33. The number of rotatable bonds is 10. The van der Waals surface area contributed by atoms with Crippen molar-refractivity contribution in [3.63, 3.8) is 0 Å². The Bertz CT molecular complexity index is 1780. The maximum atomic E-state index is 13.7. The van der Waals surface area contributed by atoms with Gasteiger partial charge in [0.1, 0.15) is 5.82 Å². The number of aromatic nitrogens is 5. The monoisotopic (exact) mass is 625 g/mol. The number of H-pyrrole nitrogens is 1. The van der Waals surface area contributed by atoms with E-state index in [0.717, 1.165) is 84.0 Å². The molecular weight excluding hydrogens is 596 g/mol. The Kier molecular flexibility index (Phi) is 7.28. The highest BCUT2D eigenvalue weighted by Crippen LogP contribution is 2.39. The average Bonchev–Trinajstić information content (AvgIpc) is 3.94. The second-order valence-corrected chi connectivity index (χ2v) is 12.1. The predicted octanol–water partition coefficient (Wildman–Crippen LogP) is 7.77. The number of alkyl halides is 6. The van der Waals surface area contributed by atoms with E-state index in [1.165, 1.54) is 4.90 Å². The van der Waals surface area contributed by atoms with Crippen LogP contribution in [0.5, 0.6) is 0 Å². The smallest absolute Gasteiger partial charge is 0.356 e. The lowest BCUT2D eigenvalue weighted by Gasteiger charge is -2.29. The van der Waals surface area contributed by atoms with Crippen LogP contribution in [0.15, 0.2) is 60.7 Å². The van der Waals surface area contributed by atoms with Gasteiger partial charge in [-0.1, -0.05) is 41.5 Å². The number of hydrogen-bond donors (Lipinski definition) is 1. The largest absolute Gasteiger partial charge is 0.416 e. The van der Waals surface area contributed by atoms with Gasteiger partial charge < -0.3 is 9.80 Å². The number of nitrogens with one attached hydrogen (secondary N) is 1. The molecule has 0 bridgehead atoms. The van der Waals surface area contributed by atoms with Gasteiger partial charge in [0.05, 0.1) is 16.6 Å². The SMILES string of the molecule is FC(F)(F)c1cc(CN(Cc2cc3ccc4ccccc4c3nc2N(CC2CC2)CC2CC2)c2nn[nH]n2)cc(C(F)(F)F)c1. The highest BCUT2D eigenvalue weighted by molar-refractivity contribution is 6.05. The molecule has 2 aliphatic rings. The molecule has 0 aliphatic heterocycles. The van der Waals surface area contributed by atoms with Crippen LogP contribution in [0.1, 0.15) is 47.9 Å². The van der Waals surface area contributed by atoms with E-state index in [1.807, 2.05) is 42.5 Å². The lowest BCUT2D eigenvalue weighted by molar-refractivity contribution is -0.143. The molecule has 1 N–H and O–H groups in total. The van der Waals surface area contributed by atoms with Gasteiger partial charge in [0, 0.05) is 42.5 Å². The Labute approximate surface area is 254 Å². The molecule has 2 saturated carbocycles. The van der Waals surface area contributed by atoms with Gasteiger partial charge in [0.15, 0.2) is 0 Å². The fraction of sp³-hybridized carbons (Fsp3) is 0.375. The van der Waals surface area contributed by atoms with E-state index in [2.05, 4.69) is 25.5 Å². The number of fused-ring (bicyclic) bond motifs is 3. The molecule has 3 aromatic carbocycles. The molecule has 2 aliphatic carbocycles. The van der Waals surface area contributed by atoms with E-state index in [1.54, 1.807) is 0 Å². The van der Waals surface area contributed by atoms with Crippen LogP contribution in [0, 0.1) is 11.8 Å². The summed E-state index contributed by atoms with van der Waals surface area (Å²) in [5.74, 6) is 1.91. The van der Waals surface area contributed by atoms with Crippen LogP contribution in [0.4, 0.5) is 38.1 Å². The van der Waals surface area contributed by atoms with Gasteiger partial charge in [-0.15, -0.1) is 5.10 Å². The first kappa shape index (κ1) is 29.3. The summed E-state index contributed by atoms with van der Waals surface area (Å²) in [5, 5.41) is 17.0. The molecule has 0 radical (unpaired) electrons. The van der Waals surface area contributed by atoms with E-state index in [-0.39, 0.29) is 30.7 Å². The van der Waals surface area contributed by atoms with Gasteiger partial charge in [-0.2, -0.15) is 31.6 Å². The lowest BCUT2D eigenvalue weighted by atomic mass is 10.0. The van der Waals surface area contributed by atoms with Gasteiger partial charge in [0.2, 0.25) is 0 Å². The minimum atomic E-state index is -4.96. The molecule has 2 aromatic heterocycles. The first-order valence-corrected chi connectivity index (χ1v) is 14.8. The first-order chi connectivity index (χ1) is 21.5. The van der Waals surface area contributed by atoms with E-state index in [9.17, 15) is 26.3 Å². The summed E-state index contributed by atoms with van der Waals surface area (Å²) in [7, 11) is 0. The Balaban J connectivity index is 1.33. The van der Waals surface area contributed by atoms with Crippen LogP contribution >= 0.6 is 0 Å². The third-order valence-corrected chi connectivity index (χ3v) is 8.42. The number of nitrogens with zero attached hydrogens (tertiary/aromatic N) is 6. The van der Waals surface area contributed by atoms with Crippen molar-refractivity contribution in [3.8, 4) is 0 Å². The molecule has 234 valence electrons. The molecule has 45 heavy (non-hydrogen) atoms. The molecule has 0 atom stereocenters. The van der Waals surface area contributed by atoms with Gasteiger partial charge in [-0.25, -0.2) is 4.98 Å². The van der Waals surface area contributed by atoms with Crippen LogP contribution in [0.25, 0.3) is 21.7 Å². The Morgan fingerprint density at radius 3 is 1.98 bits per heavy atom. The van der Waals surface area contributed by atoms with Crippen LogP contribution in [0.2, 0.25) is 0 Å². The number of halogens is 6. The Morgan fingerprint density at radius 2 is 1.38 bits per heavy atom. The number of aromatic amines is 1. The number of hydrogen-bond acceptors (Lipinski definition) is 6. The minimum absolute atomic E-state index is 0.0430. The van der Waals surface area contributed by atoms with E-state index in [0.29, 0.717) is 11.8 Å². The van der Waals surface area contributed by atoms with Crippen molar-refractivity contribution in [3.05, 3.63) is 82.9 Å². The van der Waals surface area contributed by atoms with E-state index < -0.39 is 23.5 Å². The molecule has 2 fully saturated rings. The zero-order chi connectivity index (χ0) is 31.3. The second-order valence-electron chi connectivity index (χ2n) is 12.1. The fourth-order valence-corrected chi connectivity index (χ4v) is 5.83. The number of anilines is 2. The van der Waals surface area contributed by atoms with Crippen molar-refractivity contribution in [1.29, 1.82) is 0 Å². The van der Waals surface area contributed by atoms with Crippen molar-refractivity contribution in [1.82, 2.24) is 25.6 Å². The molecule has 0 saturated heterocycles. The highest BCUT2D eigenvalue weighted by atomic mass is 19.4. The summed E-state index contributed by atoms with van der Waals surface area (Å²) < 4.78 is 82.1. The average molecular weight is 626 g/mol. The second kappa shape index (κ2) is 11.2. The summed E-state index contributed by atoms with van der Waals surface area (Å²) in [4.78, 5) is 9.08. The minimum Gasteiger partial charge on any atom is -0.356 e. The van der Waals surface area contributed by atoms with Gasteiger partial charge in [-0.05, 0) is 77.9 Å². The number of benzene rings is 3. The fourth-order valence-electron chi connectivity index (χ4n) is 5.83. The van der Waals surface area contributed by atoms with Crippen LogP contribution in [0.3, 0.4) is 0 Å². The summed E-state index contributed by atoms with van der Waals surface area (Å²) >= 11 is 0. The highest BCUT2D eigenvalue weighted by Gasteiger charge is 2.37. The third kappa shape index (κ3) is 6.52. The molecule has 5 aromatic rings. The van der Waals surface area contributed by atoms with E-state index >= 15 is 0 Å². The molecule has 0 spiro atoms. The van der Waals surface area contributed by atoms with Gasteiger partial charge in [0.25, 0.3) is 5.95 Å². The summed E-state index contributed by atoms with van der Waals surface area (Å²) in [6.07, 6.45) is -5.37. The maximum Gasteiger partial charge on any atom is 0.416 e. The van der Waals surface area contributed by atoms with E-state index in [4.69, 9.17) is 4.98 Å². The zero-order valence-corrected chi connectivity index (χ0v) is 24.0. The molecule has 2 heterocycles. The molecule has 13 heteroatoms. The third-order valence-electron chi connectivity index (χ3n) is 8.42. The molecular formula is C32H29F6N7. The van der Waals surface area contributed by atoms with Crippen molar-refractivity contribution in [2.24, 2.45) is 11.8 Å². The predicted molar refractivity (Wildman–Crippen MR) is 157 cm³/mol. The van der Waals surface area contributed by atoms with Crippen molar-refractivity contribution >= 4 is 33.4 Å². The summed E-state index contributed by atoms with van der Waals surface area (Å²) in [6.45, 7) is 1.41.